The minimum atomic E-state index is -0.183. The molecule has 100 valence electrons. The fraction of sp³-hybridized carbons (Fsp3) is 0.500. The third kappa shape index (κ3) is 5.19. The molecule has 0 unspecified atom stereocenters. The lowest BCUT2D eigenvalue weighted by molar-refractivity contribution is 0.0944. The van der Waals surface area contributed by atoms with Gasteiger partial charge >= 0.3 is 0 Å². The molecule has 0 aromatic heterocycles. The number of hydrogen-bond donors (Lipinski definition) is 2. The van der Waals surface area contributed by atoms with E-state index in [-0.39, 0.29) is 19.1 Å². The highest BCUT2D eigenvalue weighted by atomic mass is 16.5. The molecule has 2 N–H and O–H groups in total. The number of aliphatic hydroxyl groups is 1. The molecule has 0 saturated heterocycles. The van der Waals surface area contributed by atoms with Gasteiger partial charge in [0, 0.05) is 12.1 Å². The Morgan fingerprint density at radius 2 is 2.00 bits per heavy atom. The zero-order valence-corrected chi connectivity index (χ0v) is 11.0. The fourth-order valence-corrected chi connectivity index (χ4v) is 1.39. The van der Waals surface area contributed by atoms with Gasteiger partial charge in [0.15, 0.2) is 0 Å². The molecule has 4 heteroatoms. The molecule has 18 heavy (non-hydrogen) atoms. The summed E-state index contributed by atoms with van der Waals surface area (Å²) in [5.74, 6) is 1.21. The van der Waals surface area contributed by atoms with Crippen molar-refractivity contribution < 1.29 is 14.6 Å². The van der Waals surface area contributed by atoms with Crippen molar-refractivity contribution in [3.8, 4) is 5.75 Å². The van der Waals surface area contributed by atoms with Gasteiger partial charge in [-0.2, -0.15) is 0 Å². The first-order valence-corrected chi connectivity index (χ1v) is 6.25. The van der Waals surface area contributed by atoms with E-state index in [0.717, 1.165) is 12.2 Å². The van der Waals surface area contributed by atoms with E-state index in [2.05, 4.69) is 19.2 Å². The third-order valence-corrected chi connectivity index (χ3v) is 2.48. The maximum Gasteiger partial charge on any atom is 0.251 e. The fourth-order valence-electron chi connectivity index (χ4n) is 1.39. The first kappa shape index (κ1) is 14.5. The van der Waals surface area contributed by atoms with Crippen LogP contribution < -0.4 is 10.1 Å². The highest BCUT2D eigenvalue weighted by Crippen LogP contribution is 2.13. The number of carbonyl (C=O) groups excluding carboxylic acids is 1. The monoisotopic (exact) mass is 251 g/mol. The maximum absolute atomic E-state index is 11.6. The molecule has 0 radical (unpaired) electrons. The summed E-state index contributed by atoms with van der Waals surface area (Å²) in [7, 11) is 0. The Morgan fingerprint density at radius 1 is 1.33 bits per heavy atom. The van der Waals surface area contributed by atoms with Crippen LogP contribution in [0.3, 0.4) is 0 Å². The van der Waals surface area contributed by atoms with E-state index in [1.807, 2.05) is 0 Å². The van der Waals surface area contributed by atoms with E-state index in [9.17, 15) is 4.79 Å². The number of ether oxygens (including phenoxy) is 1. The Labute approximate surface area is 108 Å². The predicted molar refractivity (Wildman–Crippen MR) is 70.8 cm³/mol. The standard InChI is InChI=1S/C14H21NO3/c1-11(2)7-10-18-13-5-3-12(4-6-13)14(17)15-8-9-16/h3-6,11,16H,7-10H2,1-2H3,(H,15,17). The zero-order chi connectivity index (χ0) is 13.4. The topological polar surface area (TPSA) is 58.6 Å². The average molecular weight is 251 g/mol. The van der Waals surface area contributed by atoms with Crippen LogP contribution in [0.2, 0.25) is 0 Å². The second-order valence-electron chi connectivity index (χ2n) is 4.53. The lowest BCUT2D eigenvalue weighted by Crippen LogP contribution is -2.26. The van der Waals surface area contributed by atoms with Crippen LogP contribution in [0.5, 0.6) is 5.75 Å². The van der Waals surface area contributed by atoms with Gasteiger partial charge < -0.3 is 15.2 Å². The van der Waals surface area contributed by atoms with Gasteiger partial charge in [-0.1, -0.05) is 13.8 Å². The lowest BCUT2D eigenvalue weighted by atomic mass is 10.1. The molecule has 0 spiro atoms. The molecule has 1 amide bonds. The Kier molecular flexibility index (Phi) is 6.22. The van der Waals surface area contributed by atoms with Crippen molar-refractivity contribution in [3.63, 3.8) is 0 Å². The molecular weight excluding hydrogens is 230 g/mol. The molecule has 0 saturated carbocycles. The summed E-state index contributed by atoms with van der Waals surface area (Å²) >= 11 is 0. The van der Waals surface area contributed by atoms with E-state index < -0.39 is 0 Å². The molecule has 1 aromatic rings. The molecule has 0 aliphatic carbocycles. The molecule has 0 aliphatic heterocycles. The second kappa shape index (κ2) is 7.71. The summed E-state index contributed by atoms with van der Waals surface area (Å²) in [5.41, 5.74) is 0.569. The van der Waals surface area contributed by atoms with Crippen LogP contribution in [0, 0.1) is 5.92 Å². The molecular formula is C14H21NO3. The van der Waals surface area contributed by atoms with Crippen molar-refractivity contribution >= 4 is 5.91 Å². The molecule has 0 fully saturated rings. The molecule has 0 aliphatic rings. The average Bonchev–Trinajstić information content (AvgIpc) is 2.36. The summed E-state index contributed by atoms with van der Waals surface area (Å²) < 4.78 is 5.56. The molecule has 0 heterocycles. The van der Waals surface area contributed by atoms with E-state index in [0.29, 0.717) is 18.1 Å². The van der Waals surface area contributed by atoms with Crippen molar-refractivity contribution in [2.24, 2.45) is 5.92 Å². The predicted octanol–water partition coefficient (Wildman–Crippen LogP) is 1.83. The Balaban J connectivity index is 2.44. The van der Waals surface area contributed by atoms with Crippen LogP contribution in [-0.4, -0.2) is 30.8 Å². The van der Waals surface area contributed by atoms with Gasteiger partial charge in [-0.3, -0.25) is 4.79 Å². The van der Waals surface area contributed by atoms with Crippen LogP contribution in [0.1, 0.15) is 30.6 Å². The van der Waals surface area contributed by atoms with Gasteiger partial charge in [0.1, 0.15) is 5.75 Å². The number of carbonyl (C=O) groups is 1. The van der Waals surface area contributed by atoms with Crippen molar-refractivity contribution in [3.05, 3.63) is 29.8 Å². The van der Waals surface area contributed by atoms with Gasteiger partial charge in [0.05, 0.1) is 13.2 Å². The molecule has 4 nitrogen and oxygen atoms in total. The van der Waals surface area contributed by atoms with Gasteiger partial charge in [-0.15, -0.1) is 0 Å². The van der Waals surface area contributed by atoms with Gasteiger partial charge in [0.25, 0.3) is 5.91 Å². The first-order valence-electron chi connectivity index (χ1n) is 6.25. The van der Waals surface area contributed by atoms with Crippen LogP contribution in [0.25, 0.3) is 0 Å². The number of benzene rings is 1. The number of nitrogens with one attached hydrogen (secondary N) is 1. The van der Waals surface area contributed by atoms with Crippen LogP contribution in [0.15, 0.2) is 24.3 Å². The van der Waals surface area contributed by atoms with Crippen molar-refractivity contribution in [1.82, 2.24) is 5.32 Å². The Bertz CT molecular complexity index is 360. The summed E-state index contributed by atoms with van der Waals surface area (Å²) in [6, 6.07) is 7.01. The van der Waals surface area contributed by atoms with Gasteiger partial charge in [0.2, 0.25) is 0 Å². The lowest BCUT2D eigenvalue weighted by Gasteiger charge is -2.08. The summed E-state index contributed by atoms with van der Waals surface area (Å²) in [6.07, 6.45) is 1.01. The molecule has 1 aromatic carbocycles. The Morgan fingerprint density at radius 3 is 2.56 bits per heavy atom. The highest BCUT2D eigenvalue weighted by molar-refractivity contribution is 5.94. The summed E-state index contributed by atoms with van der Waals surface area (Å²) in [4.78, 5) is 11.6. The molecule has 0 atom stereocenters. The zero-order valence-electron chi connectivity index (χ0n) is 11.0. The first-order chi connectivity index (χ1) is 8.63. The second-order valence-corrected chi connectivity index (χ2v) is 4.53. The van der Waals surface area contributed by atoms with Crippen molar-refractivity contribution in [2.75, 3.05) is 19.8 Å². The normalized spacial score (nSPS) is 10.4. The Hall–Kier alpha value is -1.55. The van der Waals surface area contributed by atoms with Crippen molar-refractivity contribution in [2.45, 2.75) is 20.3 Å². The van der Waals surface area contributed by atoms with E-state index >= 15 is 0 Å². The quantitative estimate of drug-likeness (QED) is 0.777. The smallest absolute Gasteiger partial charge is 0.251 e. The van der Waals surface area contributed by atoms with Crippen LogP contribution in [-0.2, 0) is 0 Å². The number of amides is 1. The summed E-state index contributed by atoms with van der Waals surface area (Å²) in [6.45, 7) is 5.21. The van der Waals surface area contributed by atoms with E-state index in [1.165, 1.54) is 0 Å². The number of hydrogen-bond acceptors (Lipinski definition) is 3. The largest absolute Gasteiger partial charge is 0.494 e. The minimum Gasteiger partial charge on any atom is -0.494 e. The molecule has 0 bridgehead atoms. The van der Waals surface area contributed by atoms with Gasteiger partial charge in [-0.05, 0) is 36.6 Å². The number of rotatable bonds is 7. The van der Waals surface area contributed by atoms with Crippen LogP contribution in [0.4, 0.5) is 0 Å². The third-order valence-electron chi connectivity index (χ3n) is 2.48. The minimum absolute atomic E-state index is 0.0534. The van der Waals surface area contributed by atoms with Crippen molar-refractivity contribution in [1.29, 1.82) is 0 Å². The molecule has 1 rings (SSSR count). The SMILES string of the molecule is CC(C)CCOc1ccc(C(=O)NCCO)cc1. The van der Waals surface area contributed by atoms with E-state index in [4.69, 9.17) is 9.84 Å². The van der Waals surface area contributed by atoms with Crippen LogP contribution >= 0.6 is 0 Å². The van der Waals surface area contributed by atoms with Gasteiger partial charge in [-0.25, -0.2) is 0 Å². The van der Waals surface area contributed by atoms with E-state index in [1.54, 1.807) is 24.3 Å². The number of aliphatic hydroxyl groups excluding tert-OH is 1. The highest BCUT2D eigenvalue weighted by Gasteiger charge is 2.04. The summed E-state index contributed by atoms with van der Waals surface area (Å²) in [5, 5.41) is 11.2. The maximum atomic E-state index is 11.6.